The molecule has 1 atom stereocenters. The Morgan fingerprint density at radius 1 is 0.769 bits per heavy atom. The van der Waals surface area contributed by atoms with Gasteiger partial charge in [-0.3, -0.25) is 19.2 Å². The predicted molar refractivity (Wildman–Crippen MR) is 139 cm³/mol. The molecular weight excluding hydrogens is 508 g/mol. The summed E-state index contributed by atoms with van der Waals surface area (Å²) in [6.07, 6.45) is 1.44. The van der Waals surface area contributed by atoms with Gasteiger partial charge >= 0.3 is 29.8 Å². The summed E-state index contributed by atoms with van der Waals surface area (Å²) >= 11 is 0. The van der Waals surface area contributed by atoms with Crippen molar-refractivity contribution in [2.45, 2.75) is 60.3 Å². The van der Waals surface area contributed by atoms with Crippen LogP contribution in [0.15, 0.2) is 42.5 Å². The first kappa shape index (κ1) is 31.0. The predicted octanol–water partition coefficient (Wildman–Crippen LogP) is 4.77. The van der Waals surface area contributed by atoms with Crippen molar-refractivity contribution in [3.05, 3.63) is 53.6 Å². The van der Waals surface area contributed by atoms with Crippen LogP contribution in [0.25, 0.3) is 0 Å². The molecule has 0 aromatic heterocycles. The van der Waals surface area contributed by atoms with Crippen LogP contribution in [-0.4, -0.2) is 43.1 Å². The van der Waals surface area contributed by atoms with E-state index in [0.29, 0.717) is 6.42 Å². The molecule has 0 N–H and O–H groups in total. The molecule has 0 heterocycles. The maximum absolute atomic E-state index is 12.8. The van der Waals surface area contributed by atoms with Crippen LogP contribution in [0.4, 0.5) is 0 Å². The molecule has 0 radical (unpaired) electrons. The summed E-state index contributed by atoms with van der Waals surface area (Å²) < 4.78 is 25.7. The number of carbonyl (C=O) groups is 5. The third-order valence-electron chi connectivity index (χ3n) is 5.63. The van der Waals surface area contributed by atoms with Gasteiger partial charge in [0, 0.05) is 20.8 Å². The topological polar surface area (TPSA) is 132 Å². The van der Waals surface area contributed by atoms with Crippen molar-refractivity contribution in [3.63, 3.8) is 0 Å². The van der Waals surface area contributed by atoms with E-state index in [1.807, 2.05) is 44.2 Å². The van der Waals surface area contributed by atoms with Crippen LogP contribution in [0.2, 0.25) is 0 Å². The molecule has 0 saturated carbocycles. The number of ether oxygens (including phenoxy) is 5. The highest BCUT2D eigenvalue weighted by Crippen LogP contribution is 2.40. The molecule has 210 valence electrons. The summed E-state index contributed by atoms with van der Waals surface area (Å²) in [6.45, 7) is 8.55. The first-order chi connectivity index (χ1) is 18.3. The molecule has 2 rings (SSSR count). The van der Waals surface area contributed by atoms with Crippen molar-refractivity contribution in [3.8, 4) is 17.2 Å². The molecule has 0 aliphatic carbocycles. The molecule has 0 bridgehead atoms. The second kappa shape index (κ2) is 14.1. The normalized spacial score (nSPS) is 11.6. The average molecular weight is 543 g/mol. The minimum Gasteiger partial charge on any atom is -0.462 e. The van der Waals surface area contributed by atoms with E-state index in [1.54, 1.807) is 0 Å². The van der Waals surface area contributed by atoms with Crippen molar-refractivity contribution in [1.29, 1.82) is 0 Å². The second-order valence-electron chi connectivity index (χ2n) is 9.46. The first-order valence-corrected chi connectivity index (χ1v) is 12.5. The highest BCUT2D eigenvalue weighted by Gasteiger charge is 2.32. The SMILES string of the molecule is CCC(CC(C)(C)C(=O)OCCOC(=O)c1cc(OC(C)=O)c(OC(C)=O)c(OC(C)=O)c1)c1ccccc1. The van der Waals surface area contributed by atoms with Gasteiger partial charge in [-0.25, -0.2) is 4.79 Å². The van der Waals surface area contributed by atoms with E-state index < -0.39 is 35.3 Å². The summed E-state index contributed by atoms with van der Waals surface area (Å²) in [5.41, 5.74) is 0.222. The Labute approximate surface area is 227 Å². The Bertz CT molecular complexity index is 1160. The lowest BCUT2D eigenvalue weighted by Gasteiger charge is -2.27. The summed E-state index contributed by atoms with van der Waals surface area (Å²) in [7, 11) is 0. The molecule has 0 fully saturated rings. The number of hydrogen-bond donors (Lipinski definition) is 0. The van der Waals surface area contributed by atoms with Crippen molar-refractivity contribution in [2.75, 3.05) is 13.2 Å². The van der Waals surface area contributed by atoms with Crippen LogP contribution in [0, 0.1) is 5.41 Å². The number of carbonyl (C=O) groups excluding carboxylic acids is 5. The fraction of sp³-hybridized carbons (Fsp3) is 0.414. The van der Waals surface area contributed by atoms with E-state index in [2.05, 4.69) is 6.92 Å². The minimum atomic E-state index is -0.878. The van der Waals surface area contributed by atoms with Crippen LogP contribution in [-0.2, 0) is 28.7 Å². The summed E-state index contributed by atoms with van der Waals surface area (Å²) in [4.78, 5) is 60.1. The van der Waals surface area contributed by atoms with Crippen LogP contribution in [0.1, 0.15) is 76.2 Å². The average Bonchev–Trinajstić information content (AvgIpc) is 2.86. The molecule has 0 aliphatic heterocycles. The standard InChI is InChI=1S/C29H34O10/c1-7-21(22-11-9-8-10-12-22)17-29(5,6)28(34)36-14-13-35-27(33)23-15-24(37-18(2)30)26(39-20(4)32)25(16-23)38-19(3)31/h8-12,15-16,21H,7,13-14,17H2,1-6H3. The largest absolute Gasteiger partial charge is 0.462 e. The smallest absolute Gasteiger partial charge is 0.338 e. The zero-order valence-electron chi connectivity index (χ0n) is 23.0. The van der Waals surface area contributed by atoms with Gasteiger partial charge in [0.05, 0.1) is 11.0 Å². The summed E-state index contributed by atoms with van der Waals surface area (Å²) in [5, 5.41) is 0. The van der Waals surface area contributed by atoms with Crippen molar-refractivity contribution < 1.29 is 47.7 Å². The number of hydrogen-bond acceptors (Lipinski definition) is 10. The quantitative estimate of drug-likeness (QED) is 0.210. The molecule has 39 heavy (non-hydrogen) atoms. The number of esters is 5. The fourth-order valence-corrected chi connectivity index (χ4v) is 3.87. The molecule has 2 aromatic rings. The van der Waals surface area contributed by atoms with Gasteiger partial charge in [0.25, 0.3) is 0 Å². The molecule has 10 heteroatoms. The molecular formula is C29H34O10. The van der Waals surface area contributed by atoms with Gasteiger partial charge in [0.2, 0.25) is 5.75 Å². The van der Waals surface area contributed by atoms with Crippen LogP contribution in [0.5, 0.6) is 17.2 Å². The molecule has 0 saturated heterocycles. The molecule has 2 aromatic carbocycles. The lowest BCUT2D eigenvalue weighted by atomic mass is 9.79. The van der Waals surface area contributed by atoms with Crippen LogP contribution < -0.4 is 14.2 Å². The monoisotopic (exact) mass is 542 g/mol. The highest BCUT2D eigenvalue weighted by atomic mass is 16.6. The zero-order valence-corrected chi connectivity index (χ0v) is 23.0. The maximum Gasteiger partial charge on any atom is 0.338 e. The highest BCUT2D eigenvalue weighted by molar-refractivity contribution is 5.92. The Morgan fingerprint density at radius 2 is 1.28 bits per heavy atom. The van der Waals surface area contributed by atoms with Crippen LogP contribution in [0.3, 0.4) is 0 Å². The van der Waals surface area contributed by atoms with Crippen molar-refractivity contribution >= 4 is 29.8 Å². The van der Waals surface area contributed by atoms with Gasteiger partial charge in [-0.2, -0.15) is 0 Å². The van der Waals surface area contributed by atoms with Gasteiger partial charge in [-0.15, -0.1) is 0 Å². The summed E-state index contributed by atoms with van der Waals surface area (Å²) in [5.74, 6) is -4.41. The number of benzene rings is 2. The maximum atomic E-state index is 12.8. The van der Waals surface area contributed by atoms with Crippen molar-refractivity contribution in [1.82, 2.24) is 0 Å². The molecule has 1 unspecified atom stereocenters. The lowest BCUT2D eigenvalue weighted by Crippen LogP contribution is -2.30. The van der Waals surface area contributed by atoms with E-state index in [-0.39, 0.29) is 41.9 Å². The molecule has 10 nitrogen and oxygen atoms in total. The first-order valence-electron chi connectivity index (χ1n) is 12.5. The van der Waals surface area contributed by atoms with Gasteiger partial charge in [0.1, 0.15) is 13.2 Å². The summed E-state index contributed by atoms with van der Waals surface area (Å²) in [6, 6.07) is 12.2. The third-order valence-corrected chi connectivity index (χ3v) is 5.63. The Kier molecular flexibility index (Phi) is 11.2. The second-order valence-corrected chi connectivity index (χ2v) is 9.46. The molecule has 0 aliphatic rings. The van der Waals surface area contributed by atoms with Gasteiger partial charge in [-0.1, -0.05) is 37.3 Å². The van der Waals surface area contributed by atoms with Crippen LogP contribution >= 0.6 is 0 Å². The minimum absolute atomic E-state index is 0.154. The lowest BCUT2D eigenvalue weighted by molar-refractivity contribution is -0.155. The van der Waals surface area contributed by atoms with Gasteiger partial charge in [-0.05, 0) is 50.3 Å². The fourth-order valence-electron chi connectivity index (χ4n) is 3.87. The van der Waals surface area contributed by atoms with E-state index in [0.717, 1.165) is 44.9 Å². The van der Waals surface area contributed by atoms with E-state index >= 15 is 0 Å². The van der Waals surface area contributed by atoms with E-state index in [4.69, 9.17) is 23.7 Å². The Balaban J connectivity index is 2.06. The third kappa shape index (κ3) is 9.55. The molecule has 0 amide bonds. The van der Waals surface area contributed by atoms with E-state index in [9.17, 15) is 24.0 Å². The number of rotatable bonds is 12. The Morgan fingerprint density at radius 3 is 1.77 bits per heavy atom. The zero-order chi connectivity index (χ0) is 29.2. The van der Waals surface area contributed by atoms with Gasteiger partial charge in [0.15, 0.2) is 11.5 Å². The Hall–Kier alpha value is -4.21. The van der Waals surface area contributed by atoms with Crippen molar-refractivity contribution in [2.24, 2.45) is 5.41 Å². The molecule has 0 spiro atoms. The van der Waals surface area contributed by atoms with Gasteiger partial charge < -0.3 is 23.7 Å². The van der Waals surface area contributed by atoms with E-state index in [1.165, 1.54) is 0 Å².